The second-order valence-corrected chi connectivity index (χ2v) is 3.95. The summed E-state index contributed by atoms with van der Waals surface area (Å²) < 4.78 is 5.27. The fraction of sp³-hybridized carbons (Fsp3) is 0.333. The van der Waals surface area contributed by atoms with E-state index in [1.807, 2.05) is 26.0 Å². The molecule has 1 heterocycles. The smallest absolute Gasteiger partial charge is 0.181 e. The molecule has 2 rings (SSSR count). The van der Waals surface area contributed by atoms with E-state index in [1.165, 1.54) is 0 Å². The number of methoxy groups -OCH3 is 1. The lowest BCUT2D eigenvalue weighted by molar-refractivity contribution is 0.411. The van der Waals surface area contributed by atoms with Crippen LogP contribution in [0.1, 0.15) is 17.0 Å². The third kappa shape index (κ3) is 2.14. The largest absolute Gasteiger partial charge is 0.496 e. The van der Waals surface area contributed by atoms with Crippen molar-refractivity contribution < 1.29 is 4.74 Å². The molecule has 5 heteroatoms. The zero-order valence-electron chi connectivity index (χ0n) is 10.2. The van der Waals surface area contributed by atoms with E-state index in [9.17, 15) is 0 Å². The lowest BCUT2D eigenvalue weighted by atomic mass is 10.0. The van der Waals surface area contributed by atoms with Gasteiger partial charge in [0.1, 0.15) is 11.6 Å². The van der Waals surface area contributed by atoms with Crippen molar-refractivity contribution in [3.05, 3.63) is 29.1 Å². The van der Waals surface area contributed by atoms with Gasteiger partial charge in [0.2, 0.25) is 0 Å². The third-order valence-electron chi connectivity index (χ3n) is 2.71. The van der Waals surface area contributed by atoms with Crippen molar-refractivity contribution >= 4 is 0 Å². The Labute approximate surface area is 100 Å². The molecule has 0 bridgehead atoms. The van der Waals surface area contributed by atoms with Gasteiger partial charge in [-0.05, 0) is 37.1 Å². The molecule has 0 radical (unpaired) electrons. The van der Waals surface area contributed by atoms with Crippen LogP contribution >= 0.6 is 0 Å². The Hall–Kier alpha value is -1.88. The highest BCUT2D eigenvalue weighted by Crippen LogP contribution is 2.27. The molecule has 0 amide bonds. The van der Waals surface area contributed by atoms with Crippen LogP contribution in [0, 0.1) is 13.8 Å². The Kier molecular flexibility index (Phi) is 3.10. The van der Waals surface area contributed by atoms with Crippen molar-refractivity contribution in [2.24, 2.45) is 5.73 Å². The van der Waals surface area contributed by atoms with Gasteiger partial charge >= 0.3 is 0 Å². The van der Waals surface area contributed by atoms with Crippen molar-refractivity contribution in [1.82, 2.24) is 15.2 Å². The first-order chi connectivity index (χ1) is 8.15. The molecule has 0 aliphatic heterocycles. The van der Waals surface area contributed by atoms with Crippen LogP contribution in [-0.4, -0.2) is 22.3 Å². The van der Waals surface area contributed by atoms with E-state index < -0.39 is 0 Å². The van der Waals surface area contributed by atoms with E-state index in [2.05, 4.69) is 15.2 Å². The molecule has 0 unspecified atom stereocenters. The number of H-pyrrole nitrogens is 1. The van der Waals surface area contributed by atoms with Crippen LogP contribution in [0.3, 0.4) is 0 Å². The van der Waals surface area contributed by atoms with Gasteiger partial charge in [-0.25, -0.2) is 4.98 Å². The molecule has 5 nitrogen and oxygen atoms in total. The summed E-state index contributed by atoms with van der Waals surface area (Å²) in [5.74, 6) is 2.24. The number of benzene rings is 1. The van der Waals surface area contributed by atoms with Crippen LogP contribution in [0.5, 0.6) is 5.75 Å². The summed E-state index contributed by atoms with van der Waals surface area (Å²) in [6.45, 7) is 4.37. The molecule has 1 aromatic carbocycles. The molecule has 0 spiro atoms. The van der Waals surface area contributed by atoms with Gasteiger partial charge in [0, 0.05) is 5.56 Å². The maximum absolute atomic E-state index is 5.50. The van der Waals surface area contributed by atoms with Crippen LogP contribution in [-0.2, 0) is 6.54 Å². The summed E-state index contributed by atoms with van der Waals surface area (Å²) >= 11 is 0. The number of hydrogen-bond acceptors (Lipinski definition) is 4. The normalized spacial score (nSPS) is 10.6. The number of hydrogen-bond donors (Lipinski definition) is 2. The van der Waals surface area contributed by atoms with Gasteiger partial charge < -0.3 is 10.5 Å². The van der Waals surface area contributed by atoms with Crippen molar-refractivity contribution in [2.75, 3.05) is 7.11 Å². The number of aromatic amines is 1. The van der Waals surface area contributed by atoms with E-state index in [1.54, 1.807) is 7.11 Å². The molecule has 0 fully saturated rings. The molecule has 0 saturated heterocycles. The van der Waals surface area contributed by atoms with Gasteiger partial charge in [-0.15, -0.1) is 0 Å². The van der Waals surface area contributed by atoms with Gasteiger partial charge in [0.05, 0.1) is 13.7 Å². The number of nitrogens with one attached hydrogen (secondary N) is 1. The zero-order valence-corrected chi connectivity index (χ0v) is 10.2. The minimum absolute atomic E-state index is 0.362. The summed E-state index contributed by atoms with van der Waals surface area (Å²) in [6.07, 6.45) is 0. The second kappa shape index (κ2) is 4.55. The molecule has 90 valence electrons. The van der Waals surface area contributed by atoms with E-state index in [0.29, 0.717) is 18.2 Å². The quantitative estimate of drug-likeness (QED) is 0.841. The van der Waals surface area contributed by atoms with E-state index >= 15 is 0 Å². The summed E-state index contributed by atoms with van der Waals surface area (Å²) in [5, 5.41) is 6.97. The fourth-order valence-corrected chi connectivity index (χ4v) is 1.76. The Morgan fingerprint density at radius 2 is 2.06 bits per heavy atom. The number of nitrogens with zero attached hydrogens (tertiary/aromatic N) is 2. The van der Waals surface area contributed by atoms with Crippen molar-refractivity contribution in [2.45, 2.75) is 20.4 Å². The molecule has 1 aromatic heterocycles. The highest BCUT2D eigenvalue weighted by atomic mass is 16.5. The first kappa shape index (κ1) is 11.6. The predicted molar refractivity (Wildman–Crippen MR) is 65.7 cm³/mol. The molecule has 0 atom stereocenters. The standard InChI is InChI=1S/C12H16N4O/c1-7-5-10(17-3)8(2)4-9(7)12-14-11(6-13)15-16-12/h4-5H,6,13H2,1-3H3,(H,14,15,16). The Balaban J connectivity index is 2.48. The number of aromatic nitrogens is 3. The molecule has 0 aliphatic rings. The summed E-state index contributed by atoms with van der Waals surface area (Å²) in [4.78, 5) is 4.32. The maximum atomic E-state index is 5.50. The van der Waals surface area contributed by atoms with Crippen molar-refractivity contribution in [3.63, 3.8) is 0 Å². The lowest BCUT2D eigenvalue weighted by Crippen LogP contribution is -1.98. The molecule has 17 heavy (non-hydrogen) atoms. The van der Waals surface area contributed by atoms with Crippen LogP contribution < -0.4 is 10.5 Å². The van der Waals surface area contributed by atoms with E-state index in [0.717, 1.165) is 22.4 Å². The molecule has 0 aliphatic carbocycles. The number of aryl methyl sites for hydroxylation is 2. The SMILES string of the molecule is COc1cc(C)c(-c2n[nH]c(CN)n2)cc1C. The minimum atomic E-state index is 0.362. The highest BCUT2D eigenvalue weighted by molar-refractivity contribution is 5.63. The van der Waals surface area contributed by atoms with Gasteiger partial charge in [-0.1, -0.05) is 0 Å². The molecular weight excluding hydrogens is 216 g/mol. The number of nitrogens with two attached hydrogens (primary N) is 1. The van der Waals surface area contributed by atoms with Crippen molar-refractivity contribution in [3.8, 4) is 17.1 Å². The van der Waals surface area contributed by atoms with Gasteiger partial charge in [0.15, 0.2) is 5.82 Å². The fourth-order valence-electron chi connectivity index (χ4n) is 1.76. The first-order valence-corrected chi connectivity index (χ1v) is 5.42. The maximum Gasteiger partial charge on any atom is 0.181 e. The second-order valence-electron chi connectivity index (χ2n) is 3.95. The van der Waals surface area contributed by atoms with Crippen LogP contribution in [0.4, 0.5) is 0 Å². The topological polar surface area (TPSA) is 76.8 Å². The number of rotatable bonds is 3. The Morgan fingerprint density at radius 1 is 1.29 bits per heavy atom. The Morgan fingerprint density at radius 3 is 2.65 bits per heavy atom. The number of ether oxygens (including phenoxy) is 1. The van der Waals surface area contributed by atoms with Crippen LogP contribution in [0.25, 0.3) is 11.4 Å². The third-order valence-corrected chi connectivity index (χ3v) is 2.71. The predicted octanol–water partition coefficient (Wildman–Crippen LogP) is 1.56. The monoisotopic (exact) mass is 232 g/mol. The van der Waals surface area contributed by atoms with Gasteiger partial charge in [-0.3, -0.25) is 5.10 Å². The Bertz CT molecular complexity index is 533. The average molecular weight is 232 g/mol. The molecular formula is C12H16N4O. The summed E-state index contributed by atoms with van der Waals surface area (Å²) in [6, 6.07) is 4.01. The minimum Gasteiger partial charge on any atom is -0.496 e. The van der Waals surface area contributed by atoms with Gasteiger partial charge in [0.25, 0.3) is 0 Å². The molecule has 3 N–H and O–H groups in total. The summed E-state index contributed by atoms with van der Waals surface area (Å²) in [7, 11) is 1.67. The van der Waals surface area contributed by atoms with Crippen LogP contribution in [0.2, 0.25) is 0 Å². The van der Waals surface area contributed by atoms with E-state index in [-0.39, 0.29) is 0 Å². The van der Waals surface area contributed by atoms with Crippen molar-refractivity contribution in [1.29, 1.82) is 0 Å². The molecule has 0 saturated carbocycles. The molecule has 2 aromatic rings. The average Bonchev–Trinajstić information content (AvgIpc) is 2.80. The lowest BCUT2D eigenvalue weighted by Gasteiger charge is -2.08. The van der Waals surface area contributed by atoms with Crippen LogP contribution in [0.15, 0.2) is 12.1 Å². The highest BCUT2D eigenvalue weighted by Gasteiger charge is 2.11. The zero-order chi connectivity index (χ0) is 12.4. The van der Waals surface area contributed by atoms with E-state index in [4.69, 9.17) is 10.5 Å². The summed E-state index contributed by atoms with van der Waals surface area (Å²) in [5.41, 5.74) is 8.64. The van der Waals surface area contributed by atoms with Gasteiger partial charge in [-0.2, -0.15) is 5.10 Å². The first-order valence-electron chi connectivity index (χ1n) is 5.42.